The van der Waals surface area contributed by atoms with Crippen LogP contribution in [0.25, 0.3) is 11.5 Å². The fourth-order valence-electron chi connectivity index (χ4n) is 2.63. The molecule has 2 aliphatic rings. The lowest BCUT2D eigenvalue weighted by molar-refractivity contribution is 0.122. The second-order valence-corrected chi connectivity index (χ2v) is 7.13. The summed E-state index contributed by atoms with van der Waals surface area (Å²) in [6.45, 7) is 4.38. The van der Waals surface area contributed by atoms with E-state index in [9.17, 15) is 0 Å². The molecule has 6 nitrogen and oxygen atoms in total. The molecular weight excluding hydrogens is 306 g/mol. The van der Waals surface area contributed by atoms with Crippen LogP contribution in [0.3, 0.4) is 0 Å². The molecule has 0 spiro atoms. The summed E-state index contributed by atoms with van der Waals surface area (Å²) >= 11 is 3.66. The van der Waals surface area contributed by atoms with Crippen molar-refractivity contribution in [2.75, 3.05) is 42.7 Å². The van der Waals surface area contributed by atoms with Gasteiger partial charge >= 0.3 is 0 Å². The van der Waals surface area contributed by atoms with Gasteiger partial charge in [-0.15, -0.1) is 21.5 Å². The van der Waals surface area contributed by atoms with E-state index >= 15 is 0 Å². The Morgan fingerprint density at radius 1 is 1.10 bits per heavy atom. The summed E-state index contributed by atoms with van der Waals surface area (Å²) in [4.78, 5) is 7.06. The summed E-state index contributed by atoms with van der Waals surface area (Å²) in [5.74, 6) is 4.27. The minimum atomic E-state index is 0.784. The average molecular weight is 323 g/mol. The van der Waals surface area contributed by atoms with Crippen LogP contribution >= 0.6 is 23.1 Å². The quantitative estimate of drug-likeness (QED) is 0.835. The third-order valence-electron chi connectivity index (χ3n) is 3.76. The number of ether oxygens (including phenoxy) is 1. The van der Waals surface area contributed by atoms with Crippen molar-refractivity contribution in [2.24, 2.45) is 0 Å². The number of thiazole rings is 1. The van der Waals surface area contributed by atoms with Crippen molar-refractivity contribution in [1.82, 2.24) is 19.7 Å². The maximum absolute atomic E-state index is 5.39. The van der Waals surface area contributed by atoms with E-state index in [1.807, 2.05) is 11.8 Å². The lowest BCUT2D eigenvalue weighted by Gasteiger charge is -2.25. The third kappa shape index (κ3) is 2.67. The molecule has 1 fully saturated rings. The number of anilines is 1. The molecule has 2 aromatic heterocycles. The van der Waals surface area contributed by atoms with Crippen LogP contribution in [0.2, 0.25) is 0 Å². The van der Waals surface area contributed by atoms with Gasteiger partial charge in [0.1, 0.15) is 11.5 Å². The molecule has 0 aliphatic carbocycles. The van der Waals surface area contributed by atoms with Crippen molar-refractivity contribution in [3.8, 4) is 11.5 Å². The predicted octanol–water partition coefficient (Wildman–Crippen LogP) is 1.53. The first-order chi connectivity index (χ1) is 10.4. The Labute approximate surface area is 131 Å². The number of fused-ring (bicyclic) bond motifs is 1. The van der Waals surface area contributed by atoms with E-state index in [4.69, 9.17) is 9.72 Å². The molecule has 0 radical (unpaired) electrons. The Bertz CT molecular complexity index is 620. The maximum atomic E-state index is 5.39. The first kappa shape index (κ1) is 13.5. The van der Waals surface area contributed by atoms with Crippen molar-refractivity contribution in [2.45, 2.75) is 13.0 Å². The molecule has 112 valence electrons. The van der Waals surface area contributed by atoms with Crippen LogP contribution in [-0.2, 0) is 17.7 Å². The molecule has 0 aromatic carbocycles. The van der Waals surface area contributed by atoms with Crippen molar-refractivity contribution < 1.29 is 4.74 Å². The molecular formula is C13H17N5OS2. The summed E-state index contributed by atoms with van der Waals surface area (Å²) in [5, 5.41) is 11.9. The van der Waals surface area contributed by atoms with Gasteiger partial charge in [-0.1, -0.05) is 0 Å². The number of thioether (sulfide) groups is 1. The SMILES string of the molecule is c1sc(N2CCOCC2)nc1-c1nnc2n1CCSCC2. The number of nitrogens with zero attached hydrogens (tertiary/aromatic N) is 5. The second-order valence-electron chi connectivity index (χ2n) is 5.07. The van der Waals surface area contributed by atoms with Crippen LogP contribution in [0.4, 0.5) is 5.13 Å². The highest BCUT2D eigenvalue weighted by atomic mass is 32.2. The lowest BCUT2D eigenvalue weighted by atomic mass is 10.4. The van der Waals surface area contributed by atoms with Crippen LogP contribution < -0.4 is 4.90 Å². The Kier molecular flexibility index (Phi) is 3.83. The van der Waals surface area contributed by atoms with Gasteiger partial charge < -0.3 is 14.2 Å². The highest BCUT2D eigenvalue weighted by Gasteiger charge is 2.20. The van der Waals surface area contributed by atoms with Crippen LogP contribution in [0.15, 0.2) is 5.38 Å². The monoisotopic (exact) mass is 323 g/mol. The van der Waals surface area contributed by atoms with Gasteiger partial charge in [0.2, 0.25) is 0 Å². The van der Waals surface area contributed by atoms with Crippen LogP contribution in [0, 0.1) is 0 Å². The van der Waals surface area contributed by atoms with E-state index in [-0.39, 0.29) is 0 Å². The number of hydrogen-bond donors (Lipinski definition) is 0. The first-order valence-corrected chi connectivity index (χ1v) is 9.24. The van der Waals surface area contributed by atoms with E-state index in [1.54, 1.807) is 11.3 Å². The molecule has 0 bridgehead atoms. The molecule has 2 aliphatic heterocycles. The molecule has 4 heterocycles. The summed E-state index contributed by atoms with van der Waals surface area (Å²) in [6.07, 6.45) is 0.998. The average Bonchev–Trinajstić information content (AvgIpc) is 3.10. The van der Waals surface area contributed by atoms with Gasteiger partial charge in [-0.2, -0.15) is 11.8 Å². The zero-order valence-electron chi connectivity index (χ0n) is 11.7. The topological polar surface area (TPSA) is 56.1 Å². The van der Waals surface area contributed by atoms with Crippen LogP contribution in [0.1, 0.15) is 5.82 Å². The standard InChI is InChI=1S/C13H17N5OS2/c1-7-20-8-4-18-11(1)15-16-12(18)10-9-21-13(14-10)17-2-5-19-6-3-17/h9H,1-8H2. The smallest absolute Gasteiger partial charge is 0.186 e. The number of aromatic nitrogens is 4. The molecule has 4 rings (SSSR count). The minimum Gasteiger partial charge on any atom is -0.378 e. The van der Waals surface area contributed by atoms with Crippen LogP contribution in [-0.4, -0.2) is 57.6 Å². The maximum Gasteiger partial charge on any atom is 0.186 e. The number of hydrogen-bond acceptors (Lipinski definition) is 7. The van der Waals surface area contributed by atoms with E-state index in [0.717, 1.165) is 73.2 Å². The summed E-state index contributed by atoms with van der Waals surface area (Å²) in [5.41, 5.74) is 0.951. The van der Waals surface area contributed by atoms with Gasteiger partial charge in [0.15, 0.2) is 11.0 Å². The summed E-state index contributed by atoms with van der Waals surface area (Å²) in [6, 6.07) is 0. The van der Waals surface area contributed by atoms with Gasteiger partial charge in [0, 0.05) is 42.9 Å². The molecule has 8 heteroatoms. The Morgan fingerprint density at radius 2 is 2.00 bits per heavy atom. The second kappa shape index (κ2) is 5.94. The molecule has 21 heavy (non-hydrogen) atoms. The van der Waals surface area contributed by atoms with Crippen LogP contribution in [0.5, 0.6) is 0 Å². The molecule has 0 N–H and O–H groups in total. The lowest BCUT2D eigenvalue weighted by Crippen LogP contribution is -2.36. The Hall–Kier alpha value is -1.12. The molecule has 2 aromatic rings. The fraction of sp³-hybridized carbons (Fsp3) is 0.615. The van der Waals surface area contributed by atoms with E-state index in [0.29, 0.717) is 0 Å². The normalized spacial score (nSPS) is 19.3. The van der Waals surface area contributed by atoms with Crippen molar-refractivity contribution >= 4 is 28.2 Å². The van der Waals surface area contributed by atoms with Gasteiger partial charge in [0.25, 0.3) is 0 Å². The molecule has 0 atom stereocenters. The zero-order chi connectivity index (χ0) is 14.1. The van der Waals surface area contributed by atoms with Crippen molar-refractivity contribution in [1.29, 1.82) is 0 Å². The van der Waals surface area contributed by atoms with E-state index < -0.39 is 0 Å². The van der Waals surface area contributed by atoms with E-state index in [1.165, 1.54) is 0 Å². The zero-order valence-corrected chi connectivity index (χ0v) is 13.3. The fourth-order valence-corrected chi connectivity index (χ4v) is 4.33. The van der Waals surface area contributed by atoms with Gasteiger partial charge in [-0.05, 0) is 0 Å². The number of rotatable bonds is 2. The Morgan fingerprint density at radius 3 is 2.90 bits per heavy atom. The predicted molar refractivity (Wildman–Crippen MR) is 85.2 cm³/mol. The van der Waals surface area contributed by atoms with Crippen molar-refractivity contribution in [3.05, 3.63) is 11.2 Å². The minimum absolute atomic E-state index is 0.784. The number of aryl methyl sites for hydroxylation is 1. The van der Waals surface area contributed by atoms with Gasteiger partial charge in [0.05, 0.1) is 13.2 Å². The largest absolute Gasteiger partial charge is 0.378 e. The summed E-state index contributed by atoms with van der Waals surface area (Å²) in [7, 11) is 0. The van der Waals surface area contributed by atoms with Crippen molar-refractivity contribution in [3.63, 3.8) is 0 Å². The highest BCUT2D eigenvalue weighted by molar-refractivity contribution is 7.99. The summed E-state index contributed by atoms with van der Waals surface area (Å²) < 4.78 is 7.63. The number of morpholine rings is 1. The first-order valence-electron chi connectivity index (χ1n) is 7.20. The third-order valence-corrected chi connectivity index (χ3v) is 5.62. The molecule has 0 unspecified atom stereocenters. The highest BCUT2D eigenvalue weighted by Crippen LogP contribution is 2.28. The Balaban J connectivity index is 1.62. The van der Waals surface area contributed by atoms with Gasteiger partial charge in [-0.25, -0.2) is 4.98 Å². The molecule has 0 saturated carbocycles. The van der Waals surface area contributed by atoms with Gasteiger partial charge in [-0.3, -0.25) is 0 Å². The molecule has 1 saturated heterocycles. The molecule has 0 amide bonds. The van der Waals surface area contributed by atoms with E-state index in [2.05, 4.69) is 25.0 Å².